The van der Waals surface area contributed by atoms with Gasteiger partial charge in [0.25, 0.3) is 5.91 Å². The van der Waals surface area contributed by atoms with Crippen LogP contribution in [-0.2, 0) is 20.4 Å². The molecule has 2 aliphatic heterocycles. The summed E-state index contributed by atoms with van der Waals surface area (Å²) < 4.78 is 32.0. The molecule has 2 bridgehead atoms. The number of methoxy groups -OCH3 is 1. The summed E-state index contributed by atoms with van der Waals surface area (Å²) in [5.74, 6) is 0.557. The van der Waals surface area contributed by atoms with E-state index >= 15 is 0 Å². The molecule has 1 aromatic rings. The predicted octanol–water partition coefficient (Wildman–Crippen LogP) is 1.46. The monoisotopic (exact) mass is 427 g/mol. The van der Waals surface area contributed by atoms with Gasteiger partial charge in [0.15, 0.2) is 0 Å². The van der Waals surface area contributed by atoms with Crippen LogP contribution in [0.25, 0.3) is 0 Å². The number of fused-ring (bicyclic) bond motifs is 2. The predicted molar refractivity (Wildman–Crippen MR) is 109 cm³/mol. The van der Waals surface area contributed by atoms with Gasteiger partial charge in [-0.1, -0.05) is 6.42 Å². The van der Waals surface area contributed by atoms with E-state index in [0.717, 1.165) is 43.8 Å². The zero-order valence-corrected chi connectivity index (χ0v) is 17.9. The third kappa shape index (κ3) is 3.41. The molecule has 1 saturated carbocycles. The Morgan fingerprint density at radius 1 is 1.25 bits per heavy atom. The number of nitrogens with two attached hydrogens (primary N) is 1. The molecule has 4 rings (SSSR count). The van der Waals surface area contributed by atoms with Gasteiger partial charge in [0.2, 0.25) is 10.0 Å². The number of primary amides is 1. The van der Waals surface area contributed by atoms with Gasteiger partial charge in [-0.3, -0.25) is 4.79 Å². The highest BCUT2D eigenvalue weighted by atomic mass is 32.2. The van der Waals surface area contributed by atoms with Gasteiger partial charge in [-0.2, -0.15) is 0 Å². The van der Waals surface area contributed by atoms with E-state index in [1.54, 1.807) is 11.4 Å². The molecule has 0 radical (unpaired) electrons. The van der Waals surface area contributed by atoms with Crippen LogP contribution in [0.1, 0.15) is 40.2 Å². The van der Waals surface area contributed by atoms with Crippen molar-refractivity contribution in [3.63, 3.8) is 0 Å². The molecular weight excluding hydrogens is 398 g/mol. The van der Waals surface area contributed by atoms with Gasteiger partial charge < -0.3 is 15.4 Å². The van der Waals surface area contributed by atoms with Crippen molar-refractivity contribution in [2.24, 2.45) is 17.6 Å². The summed E-state index contributed by atoms with van der Waals surface area (Å²) in [5.41, 5.74) is 5.10. The number of amides is 1. The first-order valence-electron chi connectivity index (χ1n) is 10.0. The van der Waals surface area contributed by atoms with Crippen LogP contribution < -0.4 is 5.73 Å². The fourth-order valence-corrected chi connectivity index (χ4v) is 8.12. The average Bonchev–Trinajstić information content (AvgIpc) is 3.26. The van der Waals surface area contributed by atoms with Crippen LogP contribution >= 0.6 is 11.3 Å². The lowest BCUT2D eigenvalue weighted by atomic mass is 9.64. The number of sulfonamides is 1. The Hall–Kier alpha value is -1.00. The van der Waals surface area contributed by atoms with Gasteiger partial charge in [-0.15, -0.1) is 11.3 Å². The molecule has 3 fully saturated rings. The lowest BCUT2D eigenvalue weighted by Gasteiger charge is -2.55. The highest BCUT2D eigenvalue weighted by molar-refractivity contribution is 7.89. The molecule has 3 heterocycles. The number of rotatable bonds is 6. The second-order valence-corrected chi connectivity index (χ2v) is 11.4. The van der Waals surface area contributed by atoms with Gasteiger partial charge in [-0.25, -0.2) is 12.7 Å². The standard InChI is InChI=1S/C19H29N3O4S2/c1-26-19(17-7-6-16(27-17)18(20)23)14-4-2-5-15(19)13-21(12-14)9-10-22-8-3-11-28(22,24)25/h6-7,14-15H,2-5,8-13H2,1H3,(H2,20,23)/t14-,15+,19?. The zero-order valence-electron chi connectivity index (χ0n) is 16.3. The number of piperidine rings is 1. The number of carbonyl (C=O) groups is 1. The molecule has 156 valence electrons. The van der Waals surface area contributed by atoms with E-state index in [0.29, 0.717) is 29.8 Å². The van der Waals surface area contributed by atoms with E-state index in [-0.39, 0.29) is 11.4 Å². The smallest absolute Gasteiger partial charge is 0.258 e. The minimum Gasteiger partial charge on any atom is -0.372 e. The van der Waals surface area contributed by atoms with Crippen molar-refractivity contribution in [2.75, 3.05) is 45.6 Å². The van der Waals surface area contributed by atoms with Crippen molar-refractivity contribution in [1.82, 2.24) is 9.21 Å². The normalized spacial score (nSPS) is 33.2. The van der Waals surface area contributed by atoms with E-state index in [2.05, 4.69) is 4.90 Å². The molecule has 2 saturated heterocycles. The summed E-state index contributed by atoms with van der Waals surface area (Å²) in [6.07, 6.45) is 4.07. The second-order valence-electron chi connectivity index (χ2n) is 8.18. The molecule has 9 heteroatoms. The van der Waals surface area contributed by atoms with E-state index in [4.69, 9.17) is 10.5 Å². The van der Waals surface area contributed by atoms with Crippen molar-refractivity contribution < 1.29 is 17.9 Å². The van der Waals surface area contributed by atoms with Crippen LogP contribution in [0, 0.1) is 11.8 Å². The lowest BCUT2D eigenvalue weighted by Crippen LogP contribution is -2.59. The number of carbonyl (C=O) groups excluding carboxylic acids is 1. The molecule has 1 aliphatic carbocycles. The first kappa shape index (κ1) is 20.3. The van der Waals surface area contributed by atoms with Gasteiger partial charge in [0, 0.05) is 56.5 Å². The molecule has 0 aromatic carbocycles. The molecular formula is C19H29N3O4S2. The van der Waals surface area contributed by atoms with Crippen LogP contribution in [0.4, 0.5) is 0 Å². The van der Waals surface area contributed by atoms with Crippen LogP contribution in [0.5, 0.6) is 0 Å². The maximum atomic E-state index is 12.1. The summed E-state index contributed by atoms with van der Waals surface area (Å²) in [5, 5.41) is 0. The fraction of sp³-hybridized carbons (Fsp3) is 0.737. The Morgan fingerprint density at radius 2 is 1.96 bits per heavy atom. The van der Waals surface area contributed by atoms with Crippen molar-refractivity contribution in [2.45, 2.75) is 31.3 Å². The topological polar surface area (TPSA) is 92.9 Å². The quantitative estimate of drug-likeness (QED) is 0.742. The SMILES string of the molecule is COC1(c2ccc(C(N)=O)s2)[C@@H]2CCC[C@H]1CN(CCN1CCCS1(=O)=O)C2. The van der Waals surface area contributed by atoms with Crippen molar-refractivity contribution in [3.05, 3.63) is 21.9 Å². The molecule has 3 atom stereocenters. The van der Waals surface area contributed by atoms with Gasteiger partial charge in [-0.05, 0) is 31.4 Å². The minimum absolute atomic E-state index is 0.283. The summed E-state index contributed by atoms with van der Waals surface area (Å²) in [6, 6.07) is 3.81. The molecule has 0 spiro atoms. The van der Waals surface area contributed by atoms with Crippen molar-refractivity contribution in [3.8, 4) is 0 Å². The zero-order chi connectivity index (χ0) is 19.9. The molecule has 7 nitrogen and oxygen atoms in total. The van der Waals surface area contributed by atoms with Crippen molar-refractivity contribution in [1.29, 1.82) is 0 Å². The summed E-state index contributed by atoms with van der Waals surface area (Å²) in [7, 11) is -1.26. The molecule has 1 unspecified atom stereocenters. The van der Waals surface area contributed by atoms with E-state index in [1.807, 2.05) is 12.1 Å². The van der Waals surface area contributed by atoms with Crippen LogP contribution in [0.2, 0.25) is 0 Å². The molecule has 28 heavy (non-hydrogen) atoms. The Kier molecular flexibility index (Phi) is 5.56. The third-order valence-corrected chi connectivity index (χ3v) is 9.90. The van der Waals surface area contributed by atoms with E-state index in [9.17, 15) is 13.2 Å². The Balaban J connectivity index is 1.51. The van der Waals surface area contributed by atoms with Crippen molar-refractivity contribution >= 4 is 27.3 Å². The van der Waals surface area contributed by atoms with E-state index < -0.39 is 15.9 Å². The molecule has 1 amide bonds. The van der Waals surface area contributed by atoms with Crippen LogP contribution in [0.15, 0.2) is 12.1 Å². The second kappa shape index (κ2) is 7.68. The van der Waals surface area contributed by atoms with Crippen LogP contribution in [0.3, 0.4) is 0 Å². The van der Waals surface area contributed by atoms with E-state index in [1.165, 1.54) is 17.8 Å². The number of nitrogens with zero attached hydrogens (tertiary/aromatic N) is 2. The summed E-state index contributed by atoms with van der Waals surface area (Å²) >= 11 is 1.46. The Morgan fingerprint density at radius 3 is 2.50 bits per heavy atom. The third-order valence-electron chi connectivity index (χ3n) is 6.72. The minimum atomic E-state index is -3.04. The van der Waals surface area contributed by atoms with Gasteiger partial charge in [0.1, 0.15) is 5.60 Å². The van der Waals surface area contributed by atoms with Gasteiger partial charge in [0.05, 0.1) is 10.6 Å². The first-order valence-corrected chi connectivity index (χ1v) is 12.4. The number of ether oxygens (including phenoxy) is 1. The highest BCUT2D eigenvalue weighted by Crippen LogP contribution is 2.53. The lowest BCUT2D eigenvalue weighted by molar-refractivity contribution is -0.166. The van der Waals surface area contributed by atoms with Crippen LogP contribution in [-0.4, -0.2) is 69.1 Å². The number of thiophene rings is 1. The maximum Gasteiger partial charge on any atom is 0.258 e. The summed E-state index contributed by atoms with van der Waals surface area (Å²) in [6.45, 7) is 3.77. The van der Waals surface area contributed by atoms with Gasteiger partial charge >= 0.3 is 0 Å². The Bertz CT molecular complexity index is 824. The number of likely N-dealkylation sites (tertiary alicyclic amines) is 1. The number of hydrogen-bond acceptors (Lipinski definition) is 6. The highest BCUT2D eigenvalue weighted by Gasteiger charge is 2.54. The Labute approximate surface area is 170 Å². The largest absolute Gasteiger partial charge is 0.372 e. The fourth-order valence-electron chi connectivity index (χ4n) is 5.42. The average molecular weight is 428 g/mol. The first-order chi connectivity index (χ1) is 13.4. The number of hydrogen-bond donors (Lipinski definition) is 1. The summed E-state index contributed by atoms with van der Waals surface area (Å²) in [4.78, 5) is 15.7. The maximum absolute atomic E-state index is 12.1. The molecule has 3 aliphatic rings. The molecule has 2 N–H and O–H groups in total. The molecule has 1 aromatic heterocycles.